The Morgan fingerprint density at radius 1 is 1.35 bits per heavy atom. The normalized spacial score (nSPS) is 19.5. The molecule has 2 aliphatic carbocycles. The molecule has 1 aromatic heterocycles. The number of aromatic nitrogens is 1. The quantitative estimate of drug-likeness (QED) is 0.294. The van der Waals surface area contributed by atoms with Gasteiger partial charge in [-0.1, -0.05) is 18.0 Å². The number of nitrogens with two attached hydrogens (primary N) is 1. The summed E-state index contributed by atoms with van der Waals surface area (Å²) in [6, 6.07) is 2.07. The fraction of sp³-hybridized carbons (Fsp3) is 0.600. The van der Waals surface area contributed by atoms with Crippen LogP contribution in [0.3, 0.4) is 0 Å². The molecular weight excluding hydrogens is 270 g/mol. The molecule has 3 rings (SSSR count). The Hall–Kier alpha value is -1.23. The van der Waals surface area contributed by atoms with Gasteiger partial charge in [-0.15, -0.1) is 11.8 Å². The number of rotatable bonds is 4. The monoisotopic (exact) mass is 291 g/mol. The van der Waals surface area contributed by atoms with E-state index in [1.807, 2.05) is 0 Å². The number of aryl methyl sites for hydroxylation is 2. The summed E-state index contributed by atoms with van der Waals surface area (Å²) in [6.45, 7) is 0. The third kappa shape index (κ3) is 2.77. The highest BCUT2D eigenvalue weighted by molar-refractivity contribution is 7.99. The topological polar surface area (TPSA) is 71.5 Å². The molecule has 0 unspecified atom stereocenters. The second-order valence-electron chi connectivity index (χ2n) is 5.75. The van der Waals surface area contributed by atoms with Gasteiger partial charge in [0.15, 0.2) is 5.84 Å². The van der Waals surface area contributed by atoms with Crippen molar-refractivity contribution in [1.82, 2.24) is 4.98 Å². The number of hydrogen-bond donors (Lipinski definition) is 2. The molecule has 0 aliphatic heterocycles. The highest BCUT2D eigenvalue weighted by Gasteiger charge is 2.21. The first-order valence-electron chi connectivity index (χ1n) is 7.41. The number of amidine groups is 1. The van der Waals surface area contributed by atoms with E-state index in [0.717, 1.165) is 41.5 Å². The average Bonchev–Trinajstić information content (AvgIpc) is 3.13. The minimum Gasteiger partial charge on any atom is -0.409 e. The number of oxime groups is 1. The molecule has 1 heterocycles. The summed E-state index contributed by atoms with van der Waals surface area (Å²) in [5.74, 6) is 2.08. The second kappa shape index (κ2) is 6.04. The fourth-order valence-electron chi connectivity index (χ4n) is 3.17. The third-order valence-corrected chi connectivity index (χ3v) is 5.55. The Morgan fingerprint density at radius 3 is 2.90 bits per heavy atom. The maximum absolute atomic E-state index is 8.97. The van der Waals surface area contributed by atoms with Gasteiger partial charge in [0.2, 0.25) is 0 Å². The molecule has 0 spiro atoms. The van der Waals surface area contributed by atoms with Crippen molar-refractivity contribution in [2.45, 2.75) is 50.0 Å². The van der Waals surface area contributed by atoms with E-state index in [2.05, 4.69) is 11.2 Å². The highest BCUT2D eigenvalue weighted by atomic mass is 32.2. The third-order valence-electron chi connectivity index (χ3n) is 4.33. The van der Waals surface area contributed by atoms with Gasteiger partial charge in [-0.25, -0.2) is 4.98 Å². The molecule has 5 heteroatoms. The van der Waals surface area contributed by atoms with Gasteiger partial charge in [0.1, 0.15) is 5.03 Å². The van der Waals surface area contributed by atoms with E-state index < -0.39 is 0 Å². The van der Waals surface area contributed by atoms with Crippen LogP contribution >= 0.6 is 11.8 Å². The number of nitrogens with zero attached hydrogens (tertiary/aromatic N) is 2. The Labute approximate surface area is 123 Å². The van der Waals surface area contributed by atoms with E-state index >= 15 is 0 Å². The number of pyridine rings is 1. The maximum Gasteiger partial charge on any atom is 0.172 e. The molecule has 4 nitrogen and oxygen atoms in total. The van der Waals surface area contributed by atoms with Gasteiger partial charge in [0.25, 0.3) is 0 Å². The van der Waals surface area contributed by atoms with Crippen molar-refractivity contribution < 1.29 is 5.21 Å². The lowest BCUT2D eigenvalue weighted by Gasteiger charge is -2.12. The molecule has 108 valence electrons. The molecule has 0 radical (unpaired) electrons. The molecular formula is C15H21N3OS. The highest BCUT2D eigenvalue weighted by Crippen LogP contribution is 2.33. The van der Waals surface area contributed by atoms with Crippen LogP contribution in [0, 0.1) is 5.92 Å². The molecule has 2 aliphatic rings. The standard InChI is InChI=1S/C15H21N3OS/c16-14(18-19)12-8-11-6-3-7-13(11)17-15(12)20-9-10-4-1-2-5-10/h8,10,19H,1-7,9H2,(H2,16,18). The largest absolute Gasteiger partial charge is 0.409 e. The zero-order chi connectivity index (χ0) is 13.9. The fourth-order valence-corrected chi connectivity index (χ4v) is 4.39. The first kappa shape index (κ1) is 13.7. The lowest BCUT2D eigenvalue weighted by Crippen LogP contribution is -2.16. The summed E-state index contributed by atoms with van der Waals surface area (Å²) < 4.78 is 0. The van der Waals surface area contributed by atoms with Crippen molar-refractivity contribution in [1.29, 1.82) is 0 Å². The predicted molar refractivity (Wildman–Crippen MR) is 81.5 cm³/mol. The van der Waals surface area contributed by atoms with Crippen molar-refractivity contribution in [2.24, 2.45) is 16.8 Å². The van der Waals surface area contributed by atoms with Crippen LogP contribution in [0.5, 0.6) is 0 Å². The summed E-state index contributed by atoms with van der Waals surface area (Å²) in [4.78, 5) is 4.77. The van der Waals surface area contributed by atoms with Crippen LogP contribution in [0.4, 0.5) is 0 Å². The molecule has 0 amide bonds. The summed E-state index contributed by atoms with van der Waals surface area (Å²) in [5, 5.41) is 13.1. The molecule has 3 N–H and O–H groups in total. The zero-order valence-electron chi connectivity index (χ0n) is 11.6. The van der Waals surface area contributed by atoms with Crippen molar-refractivity contribution in [2.75, 3.05) is 5.75 Å². The van der Waals surface area contributed by atoms with E-state index in [1.54, 1.807) is 11.8 Å². The molecule has 1 saturated carbocycles. The number of thioether (sulfide) groups is 1. The van der Waals surface area contributed by atoms with E-state index in [9.17, 15) is 0 Å². The first-order chi connectivity index (χ1) is 9.78. The average molecular weight is 291 g/mol. The molecule has 0 aromatic carbocycles. The minimum absolute atomic E-state index is 0.182. The van der Waals surface area contributed by atoms with E-state index in [4.69, 9.17) is 15.9 Å². The van der Waals surface area contributed by atoms with E-state index in [1.165, 1.54) is 36.9 Å². The summed E-state index contributed by atoms with van der Waals surface area (Å²) in [5.41, 5.74) is 9.08. The molecule has 1 fully saturated rings. The molecule has 1 aromatic rings. The van der Waals surface area contributed by atoms with Gasteiger partial charge in [0, 0.05) is 11.4 Å². The van der Waals surface area contributed by atoms with Crippen molar-refractivity contribution in [3.05, 3.63) is 22.9 Å². The van der Waals surface area contributed by atoms with Crippen LogP contribution in [-0.2, 0) is 12.8 Å². The van der Waals surface area contributed by atoms with Gasteiger partial charge in [-0.3, -0.25) is 0 Å². The molecule has 0 saturated heterocycles. The molecule has 0 atom stereocenters. The van der Waals surface area contributed by atoms with Gasteiger partial charge in [0.05, 0.1) is 5.56 Å². The lowest BCUT2D eigenvalue weighted by atomic mass is 10.1. The van der Waals surface area contributed by atoms with Gasteiger partial charge < -0.3 is 10.9 Å². The summed E-state index contributed by atoms with van der Waals surface area (Å²) in [7, 11) is 0. The van der Waals surface area contributed by atoms with Crippen molar-refractivity contribution in [3.63, 3.8) is 0 Å². The first-order valence-corrected chi connectivity index (χ1v) is 8.40. The zero-order valence-corrected chi connectivity index (χ0v) is 12.5. The van der Waals surface area contributed by atoms with Crippen molar-refractivity contribution in [3.8, 4) is 0 Å². The molecule has 20 heavy (non-hydrogen) atoms. The second-order valence-corrected chi connectivity index (χ2v) is 6.76. The van der Waals surface area contributed by atoms with Crippen LogP contribution in [0.2, 0.25) is 0 Å². The number of fused-ring (bicyclic) bond motifs is 1. The SMILES string of the molecule is NC(=NO)c1cc2c(nc1SCC1CCCC1)CCC2. The maximum atomic E-state index is 8.97. The van der Waals surface area contributed by atoms with Crippen molar-refractivity contribution >= 4 is 17.6 Å². The predicted octanol–water partition coefficient (Wildman–Crippen LogP) is 2.95. The minimum atomic E-state index is 0.182. The van der Waals surface area contributed by atoms with E-state index in [0.29, 0.717) is 0 Å². The lowest BCUT2D eigenvalue weighted by molar-refractivity contribution is 0.318. The Morgan fingerprint density at radius 2 is 2.15 bits per heavy atom. The number of hydrogen-bond acceptors (Lipinski definition) is 4. The smallest absolute Gasteiger partial charge is 0.172 e. The Balaban J connectivity index is 1.83. The van der Waals surface area contributed by atoms with Crippen LogP contribution in [0.25, 0.3) is 0 Å². The van der Waals surface area contributed by atoms with Gasteiger partial charge in [-0.05, 0) is 49.7 Å². The van der Waals surface area contributed by atoms with Crippen LogP contribution < -0.4 is 5.73 Å². The van der Waals surface area contributed by atoms with Gasteiger partial charge in [-0.2, -0.15) is 0 Å². The van der Waals surface area contributed by atoms with Gasteiger partial charge >= 0.3 is 0 Å². The summed E-state index contributed by atoms with van der Waals surface area (Å²) >= 11 is 1.77. The van der Waals surface area contributed by atoms with E-state index in [-0.39, 0.29) is 5.84 Å². The Bertz CT molecular complexity index is 524. The summed E-state index contributed by atoms with van der Waals surface area (Å²) in [6.07, 6.45) is 8.65. The Kier molecular flexibility index (Phi) is 4.15. The van der Waals surface area contributed by atoms with Crippen LogP contribution in [0.15, 0.2) is 16.2 Å². The van der Waals surface area contributed by atoms with Crippen LogP contribution in [0.1, 0.15) is 48.9 Å². The van der Waals surface area contributed by atoms with Crippen LogP contribution in [-0.4, -0.2) is 21.8 Å². The molecule has 0 bridgehead atoms.